The van der Waals surface area contributed by atoms with E-state index in [0.29, 0.717) is 12.5 Å². The van der Waals surface area contributed by atoms with E-state index < -0.39 is 0 Å². The first-order chi connectivity index (χ1) is 5.79. The highest BCUT2D eigenvalue weighted by Crippen LogP contribution is 2.13. The van der Waals surface area contributed by atoms with Gasteiger partial charge >= 0.3 is 0 Å². The second kappa shape index (κ2) is 4.61. The van der Waals surface area contributed by atoms with Gasteiger partial charge in [-0.25, -0.2) is 0 Å². The Morgan fingerprint density at radius 3 is 2.15 bits per heavy atom. The van der Waals surface area contributed by atoms with Crippen LogP contribution in [0.5, 0.6) is 0 Å². The predicted molar refractivity (Wildman–Crippen MR) is 55.3 cm³/mol. The number of hydrogen-bond acceptors (Lipinski definition) is 2. The highest BCUT2D eigenvalue weighted by Gasteiger charge is 2.23. The lowest BCUT2D eigenvalue weighted by Gasteiger charge is -2.25. The van der Waals surface area contributed by atoms with Gasteiger partial charge in [-0.2, -0.15) is 0 Å². The molecule has 0 aliphatic heterocycles. The van der Waals surface area contributed by atoms with Crippen LogP contribution < -0.4 is 11.1 Å². The van der Waals surface area contributed by atoms with Crippen molar-refractivity contribution in [3.8, 4) is 0 Å². The number of nitrogens with one attached hydrogen (secondary N) is 1. The van der Waals surface area contributed by atoms with E-state index >= 15 is 0 Å². The van der Waals surface area contributed by atoms with Gasteiger partial charge in [0.25, 0.3) is 0 Å². The highest BCUT2D eigenvalue weighted by atomic mass is 16.2. The molecule has 0 radical (unpaired) electrons. The van der Waals surface area contributed by atoms with Crippen molar-refractivity contribution in [2.45, 2.75) is 40.7 Å². The van der Waals surface area contributed by atoms with Crippen LogP contribution in [-0.2, 0) is 4.79 Å². The van der Waals surface area contributed by atoms with Crippen LogP contribution in [0.25, 0.3) is 0 Å². The summed E-state index contributed by atoms with van der Waals surface area (Å²) in [5, 5.41) is 2.95. The minimum absolute atomic E-state index is 0.0836. The Kier molecular flexibility index (Phi) is 4.40. The van der Waals surface area contributed by atoms with Crippen molar-refractivity contribution in [3.05, 3.63) is 0 Å². The van der Waals surface area contributed by atoms with Crippen molar-refractivity contribution in [1.82, 2.24) is 5.32 Å². The van der Waals surface area contributed by atoms with Crippen LogP contribution in [0, 0.1) is 11.3 Å². The second-order valence-corrected chi connectivity index (χ2v) is 4.73. The largest absolute Gasteiger partial charge is 0.353 e. The molecule has 0 aromatic carbocycles. The van der Waals surface area contributed by atoms with Crippen LogP contribution in [0.4, 0.5) is 0 Å². The average molecular weight is 186 g/mol. The summed E-state index contributed by atoms with van der Waals surface area (Å²) < 4.78 is 0. The molecule has 0 heterocycles. The third kappa shape index (κ3) is 4.27. The molecule has 2 atom stereocenters. The van der Waals surface area contributed by atoms with E-state index in [1.54, 1.807) is 0 Å². The number of rotatable bonds is 3. The standard InChI is InChI=1S/C10H22N2O/c1-7(6-11)8(2)12-9(13)10(3,4)5/h7-8H,6,11H2,1-5H3,(H,12,13). The van der Waals surface area contributed by atoms with E-state index in [0.717, 1.165) is 0 Å². The maximum Gasteiger partial charge on any atom is 0.225 e. The first-order valence-electron chi connectivity index (χ1n) is 4.80. The van der Waals surface area contributed by atoms with Gasteiger partial charge in [-0.15, -0.1) is 0 Å². The van der Waals surface area contributed by atoms with Gasteiger partial charge in [-0.1, -0.05) is 27.7 Å². The average Bonchev–Trinajstić information content (AvgIpc) is 2.01. The van der Waals surface area contributed by atoms with Crippen molar-refractivity contribution < 1.29 is 4.79 Å². The lowest BCUT2D eigenvalue weighted by atomic mass is 9.94. The van der Waals surface area contributed by atoms with E-state index in [1.165, 1.54) is 0 Å². The molecule has 0 aliphatic carbocycles. The quantitative estimate of drug-likeness (QED) is 0.694. The highest BCUT2D eigenvalue weighted by molar-refractivity contribution is 5.81. The molecule has 0 bridgehead atoms. The van der Waals surface area contributed by atoms with E-state index in [-0.39, 0.29) is 17.4 Å². The van der Waals surface area contributed by atoms with Gasteiger partial charge < -0.3 is 11.1 Å². The lowest BCUT2D eigenvalue weighted by Crippen LogP contribution is -2.44. The van der Waals surface area contributed by atoms with Gasteiger partial charge in [-0.05, 0) is 19.4 Å². The maximum absolute atomic E-state index is 11.5. The number of nitrogens with two attached hydrogens (primary N) is 1. The molecule has 0 rings (SSSR count). The normalized spacial score (nSPS) is 16.5. The van der Waals surface area contributed by atoms with Gasteiger partial charge in [-0.3, -0.25) is 4.79 Å². The zero-order valence-electron chi connectivity index (χ0n) is 9.35. The number of carbonyl (C=O) groups is 1. The molecular formula is C10H22N2O. The lowest BCUT2D eigenvalue weighted by molar-refractivity contribution is -0.129. The SMILES string of the molecule is CC(CN)C(C)NC(=O)C(C)(C)C. The van der Waals surface area contributed by atoms with Crippen molar-refractivity contribution in [1.29, 1.82) is 0 Å². The van der Waals surface area contributed by atoms with Crippen LogP contribution in [0.3, 0.4) is 0 Å². The topological polar surface area (TPSA) is 55.1 Å². The molecule has 0 aliphatic rings. The Labute approximate surface area is 81.1 Å². The summed E-state index contributed by atoms with van der Waals surface area (Å²) in [6, 6.07) is 0.150. The molecule has 0 aromatic rings. The fourth-order valence-electron chi connectivity index (χ4n) is 0.770. The molecule has 0 aromatic heterocycles. The van der Waals surface area contributed by atoms with Crippen molar-refractivity contribution in [2.24, 2.45) is 17.1 Å². The Hall–Kier alpha value is -0.570. The summed E-state index contributed by atoms with van der Waals surface area (Å²) in [7, 11) is 0. The van der Waals surface area contributed by atoms with Gasteiger partial charge in [0.1, 0.15) is 0 Å². The fraction of sp³-hybridized carbons (Fsp3) is 0.900. The van der Waals surface area contributed by atoms with Crippen LogP contribution in [0.2, 0.25) is 0 Å². The van der Waals surface area contributed by atoms with Gasteiger partial charge in [0.2, 0.25) is 5.91 Å². The number of amides is 1. The maximum atomic E-state index is 11.5. The Balaban J connectivity index is 4.07. The summed E-state index contributed by atoms with van der Waals surface area (Å²) >= 11 is 0. The molecule has 3 nitrogen and oxygen atoms in total. The summed E-state index contributed by atoms with van der Waals surface area (Å²) in [5.74, 6) is 0.409. The zero-order chi connectivity index (χ0) is 10.6. The molecular weight excluding hydrogens is 164 g/mol. The summed E-state index contributed by atoms with van der Waals surface area (Å²) in [5.41, 5.74) is 5.19. The molecule has 0 spiro atoms. The number of hydrogen-bond donors (Lipinski definition) is 2. The minimum atomic E-state index is -0.317. The minimum Gasteiger partial charge on any atom is -0.353 e. The van der Waals surface area contributed by atoms with E-state index in [4.69, 9.17) is 5.73 Å². The molecule has 3 heteroatoms. The molecule has 13 heavy (non-hydrogen) atoms. The Morgan fingerprint density at radius 2 is 1.85 bits per heavy atom. The smallest absolute Gasteiger partial charge is 0.225 e. The zero-order valence-corrected chi connectivity index (χ0v) is 9.35. The van der Waals surface area contributed by atoms with Crippen LogP contribution in [0.15, 0.2) is 0 Å². The van der Waals surface area contributed by atoms with Crippen LogP contribution in [0.1, 0.15) is 34.6 Å². The van der Waals surface area contributed by atoms with Crippen LogP contribution in [-0.4, -0.2) is 18.5 Å². The first kappa shape index (κ1) is 12.4. The summed E-state index contributed by atoms with van der Waals surface area (Å²) in [4.78, 5) is 11.5. The third-order valence-corrected chi connectivity index (χ3v) is 2.27. The molecule has 2 unspecified atom stereocenters. The Bertz CT molecular complexity index is 172. The van der Waals surface area contributed by atoms with Crippen molar-refractivity contribution >= 4 is 5.91 Å². The molecule has 3 N–H and O–H groups in total. The van der Waals surface area contributed by atoms with E-state index in [9.17, 15) is 4.79 Å². The Morgan fingerprint density at radius 1 is 1.38 bits per heavy atom. The molecule has 0 saturated heterocycles. The molecule has 1 amide bonds. The monoisotopic (exact) mass is 186 g/mol. The predicted octanol–water partition coefficient (Wildman–Crippen LogP) is 1.13. The summed E-state index contributed by atoms with van der Waals surface area (Å²) in [6.45, 7) is 10.3. The summed E-state index contributed by atoms with van der Waals surface area (Å²) in [6.07, 6.45) is 0. The van der Waals surface area contributed by atoms with Gasteiger partial charge in [0.15, 0.2) is 0 Å². The van der Waals surface area contributed by atoms with Gasteiger partial charge in [0, 0.05) is 11.5 Å². The molecule has 0 fully saturated rings. The van der Waals surface area contributed by atoms with Crippen molar-refractivity contribution in [3.63, 3.8) is 0 Å². The molecule has 0 saturated carbocycles. The van der Waals surface area contributed by atoms with Crippen molar-refractivity contribution in [2.75, 3.05) is 6.54 Å². The molecule has 78 valence electrons. The third-order valence-electron chi connectivity index (χ3n) is 2.27. The van der Waals surface area contributed by atoms with Crippen LogP contribution >= 0.6 is 0 Å². The second-order valence-electron chi connectivity index (χ2n) is 4.73. The number of carbonyl (C=O) groups excluding carboxylic acids is 1. The fourth-order valence-corrected chi connectivity index (χ4v) is 0.770. The van der Waals surface area contributed by atoms with E-state index in [1.807, 2.05) is 34.6 Å². The van der Waals surface area contributed by atoms with Gasteiger partial charge in [0.05, 0.1) is 0 Å². The van der Waals surface area contributed by atoms with E-state index in [2.05, 4.69) is 5.32 Å². The first-order valence-corrected chi connectivity index (χ1v) is 4.80.